The van der Waals surface area contributed by atoms with Crippen LogP contribution in [0.1, 0.15) is 31.7 Å². The molecule has 1 unspecified atom stereocenters. The normalized spacial score (nSPS) is 12.8. The molecule has 2 rings (SSSR count). The second-order valence-electron chi connectivity index (χ2n) is 3.67. The molecule has 2 aromatic rings. The zero-order valence-corrected chi connectivity index (χ0v) is 10.7. The lowest BCUT2D eigenvalue weighted by atomic mass is 10.2. The summed E-state index contributed by atoms with van der Waals surface area (Å²) < 4.78 is 10.5. The lowest BCUT2D eigenvalue weighted by molar-refractivity contribution is 0.0854. The molecule has 0 aromatic carbocycles. The maximum atomic E-state index is 5.81. The Morgan fingerprint density at radius 2 is 2.41 bits per heavy atom. The predicted octanol–water partition coefficient (Wildman–Crippen LogP) is 2.87. The summed E-state index contributed by atoms with van der Waals surface area (Å²) in [4.78, 5) is 4.33. The van der Waals surface area contributed by atoms with E-state index in [1.807, 2.05) is 11.4 Å². The molecule has 0 saturated carbocycles. The second-order valence-corrected chi connectivity index (χ2v) is 4.62. The van der Waals surface area contributed by atoms with E-state index in [9.17, 15) is 0 Å². The molecule has 0 radical (unpaired) electrons. The number of nitrogens with two attached hydrogens (primary N) is 1. The number of hydrogen-bond acceptors (Lipinski definition) is 6. The van der Waals surface area contributed by atoms with E-state index in [4.69, 9.17) is 15.0 Å². The van der Waals surface area contributed by atoms with Crippen LogP contribution in [0, 0.1) is 0 Å². The van der Waals surface area contributed by atoms with E-state index in [-0.39, 0.29) is 6.10 Å². The minimum atomic E-state index is -0.114. The summed E-state index contributed by atoms with van der Waals surface area (Å²) in [5.74, 6) is 1.03. The van der Waals surface area contributed by atoms with E-state index >= 15 is 0 Å². The third-order valence-electron chi connectivity index (χ3n) is 2.49. The average Bonchev–Trinajstić information content (AvgIpc) is 2.94. The lowest BCUT2D eigenvalue weighted by Crippen LogP contribution is -2.03. The minimum absolute atomic E-state index is 0.114. The van der Waals surface area contributed by atoms with Crippen molar-refractivity contribution in [2.75, 3.05) is 12.8 Å². The van der Waals surface area contributed by atoms with Gasteiger partial charge in [-0.1, -0.05) is 18.5 Å². The van der Waals surface area contributed by atoms with E-state index in [0.717, 1.165) is 18.4 Å². The van der Waals surface area contributed by atoms with Crippen LogP contribution in [0.2, 0.25) is 0 Å². The van der Waals surface area contributed by atoms with Gasteiger partial charge in [0.25, 0.3) is 5.89 Å². The number of hydrogen-bond donors (Lipinski definition) is 1. The number of nitrogens with zero attached hydrogens (tertiary/aromatic N) is 2. The van der Waals surface area contributed by atoms with Crippen LogP contribution in [-0.2, 0) is 4.74 Å². The molecule has 0 aliphatic carbocycles. The first-order chi connectivity index (χ1) is 8.26. The Bertz CT molecular complexity index is 481. The van der Waals surface area contributed by atoms with Crippen LogP contribution in [0.5, 0.6) is 0 Å². The third kappa shape index (κ3) is 2.48. The molecular weight excluding hydrogens is 238 g/mol. The molecule has 17 heavy (non-hydrogen) atoms. The standard InChI is InChI=1S/C11H15N3O2S/c1-3-4-8(15-2)10-13-11(16-14-10)7-5-6-17-9(7)12/h5-6,8H,3-4,12H2,1-2H3. The zero-order valence-electron chi connectivity index (χ0n) is 9.84. The maximum absolute atomic E-state index is 5.81. The first kappa shape index (κ1) is 12.1. The SMILES string of the molecule is CCCC(OC)c1noc(-c2ccsc2N)n1. The fraction of sp³-hybridized carbons (Fsp3) is 0.455. The van der Waals surface area contributed by atoms with Crippen molar-refractivity contribution in [3.05, 3.63) is 17.3 Å². The number of nitrogen functional groups attached to an aromatic ring is 1. The average molecular weight is 253 g/mol. The lowest BCUT2D eigenvalue weighted by Gasteiger charge is -2.08. The Morgan fingerprint density at radius 1 is 1.59 bits per heavy atom. The highest BCUT2D eigenvalue weighted by atomic mass is 32.1. The highest BCUT2D eigenvalue weighted by Crippen LogP contribution is 2.30. The summed E-state index contributed by atoms with van der Waals surface area (Å²) in [6.07, 6.45) is 1.76. The van der Waals surface area contributed by atoms with Gasteiger partial charge in [-0.2, -0.15) is 4.98 Å². The number of aromatic nitrogens is 2. The fourth-order valence-electron chi connectivity index (χ4n) is 1.59. The highest BCUT2D eigenvalue weighted by molar-refractivity contribution is 7.14. The van der Waals surface area contributed by atoms with Gasteiger partial charge in [0.2, 0.25) is 5.82 Å². The predicted molar refractivity (Wildman–Crippen MR) is 66.7 cm³/mol. The van der Waals surface area contributed by atoms with Crippen LogP contribution >= 0.6 is 11.3 Å². The van der Waals surface area contributed by atoms with Gasteiger partial charge in [-0.3, -0.25) is 0 Å². The molecule has 1 atom stereocenters. The molecule has 0 saturated heterocycles. The van der Waals surface area contributed by atoms with E-state index in [1.165, 1.54) is 11.3 Å². The molecule has 0 amide bonds. The van der Waals surface area contributed by atoms with Crippen LogP contribution in [0.15, 0.2) is 16.0 Å². The van der Waals surface area contributed by atoms with Crippen molar-refractivity contribution < 1.29 is 9.26 Å². The Balaban J connectivity index is 2.24. The van der Waals surface area contributed by atoms with Crippen LogP contribution in [0.4, 0.5) is 5.00 Å². The van der Waals surface area contributed by atoms with Gasteiger partial charge in [0.15, 0.2) is 0 Å². The maximum Gasteiger partial charge on any atom is 0.261 e. The Morgan fingerprint density at radius 3 is 3.00 bits per heavy atom. The molecular formula is C11H15N3O2S. The largest absolute Gasteiger partial charge is 0.390 e. The molecule has 5 nitrogen and oxygen atoms in total. The molecule has 0 spiro atoms. The van der Waals surface area contributed by atoms with Crippen LogP contribution in [-0.4, -0.2) is 17.3 Å². The van der Waals surface area contributed by atoms with Crippen molar-refractivity contribution in [3.8, 4) is 11.5 Å². The Kier molecular flexibility index (Phi) is 3.75. The monoisotopic (exact) mass is 253 g/mol. The summed E-state index contributed by atoms with van der Waals surface area (Å²) in [5.41, 5.74) is 6.60. The molecule has 6 heteroatoms. The van der Waals surface area contributed by atoms with E-state index in [0.29, 0.717) is 16.7 Å². The molecule has 2 heterocycles. The van der Waals surface area contributed by atoms with Gasteiger partial charge in [-0.15, -0.1) is 11.3 Å². The van der Waals surface area contributed by atoms with Gasteiger partial charge in [0.05, 0.1) is 10.6 Å². The van der Waals surface area contributed by atoms with Crippen molar-refractivity contribution in [1.29, 1.82) is 0 Å². The van der Waals surface area contributed by atoms with Gasteiger partial charge < -0.3 is 15.0 Å². The number of rotatable bonds is 5. The Hall–Kier alpha value is -1.40. The van der Waals surface area contributed by atoms with Crippen molar-refractivity contribution in [3.63, 3.8) is 0 Å². The van der Waals surface area contributed by atoms with Gasteiger partial charge in [-0.05, 0) is 17.9 Å². The number of ether oxygens (including phenoxy) is 1. The fourth-order valence-corrected chi connectivity index (χ4v) is 2.22. The zero-order chi connectivity index (χ0) is 12.3. The van der Waals surface area contributed by atoms with Gasteiger partial charge in [-0.25, -0.2) is 0 Å². The molecule has 0 aliphatic heterocycles. The topological polar surface area (TPSA) is 74.2 Å². The summed E-state index contributed by atoms with van der Waals surface area (Å²) in [5, 5.41) is 6.52. The van der Waals surface area contributed by atoms with Gasteiger partial charge in [0, 0.05) is 7.11 Å². The van der Waals surface area contributed by atoms with Crippen molar-refractivity contribution in [2.24, 2.45) is 0 Å². The summed E-state index contributed by atoms with van der Waals surface area (Å²) in [7, 11) is 1.65. The van der Waals surface area contributed by atoms with E-state index in [1.54, 1.807) is 7.11 Å². The molecule has 0 aliphatic rings. The number of thiophene rings is 1. The summed E-state index contributed by atoms with van der Waals surface area (Å²) in [6, 6.07) is 1.87. The van der Waals surface area contributed by atoms with Gasteiger partial charge >= 0.3 is 0 Å². The second kappa shape index (κ2) is 5.29. The van der Waals surface area contributed by atoms with Crippen molar-refractivity contribution in [2.45, 2.75) is 25.9 Å². The Labute approximate surface area is 104 Å². The molecule has 0 fully saturated rings. The summed E-state index contributed by atoms with van der Waals surface area (Å²) in [6.45, 7) is 2.09. The van der Waals surface area contributed by atoms with Crippen molar-refractivity contribution in [1.82, 2.24) is 10.1 Å². The van der Waals surface area contributed by atoms with Crippen LogP contribution in [0.3, 0.4) is 0 Å². The smallest absolute Gasteiger partial charge is 0.261 e. The first-order valence-corrected chi connectivity index (χ1v) is 6.34. The minimum Gasteiger partial charge on any atom is -0.390 e. The quantitative estimate of drug-likeness (QED) is 0.886. The van der Waals surface area contributed by atoms with E-state index < -0.39 is 0 Å². The van der Waals surface area contributed by atoms with Gasteiger partial charge in [0.1, 0.15) is 6.10 Å². The highest BCUT2D eigenvalue weighted by Gasteiger charge is 2.19. The first-order valence-electron chi connectivity index (χ1n) is 5.46. The molecule has 0 bridgehead atoms. The van der Waals surface area contributed by atoms with Crippen molar-refractivity contribution >= 4 is 16.3 Å². The molecule has 2 aromatic heterocycles. The third-order valence-corrected chi connectivity index (χ3v) is 3.24. The number of methoxy groups -OCH3 is 1. The van der Waals surface area contributed by atoms with E-state index in [2.05, 4.69) is 17.1 Å². The number of anilines is 1. The molecule has 92 valence electrons. The van der Waals surface area contributed by atoms with Crippen LogP contribution in [0.25, 0.3) is 11.5 Å². The van der Waals surface area contributed by atoms with Crippen LogP contribution < -0.4 is 5.73 Å². The molecule has 2 N–H and O–H groups in total. The summed E-state index contributed by atoms with van der Waals surface area (Å²) >= 11 is 1.45.